The number of carbonyl (C=O) groups excluding carboxylic acids is 2. The summed E-state index contributed by atoms with van der Waals surface area (Å²) in [5.41, 5.74) is -0.298. The second kappa shape index (κ2) is 12.8. The molecule has 0 bridgehead atoms. The molecule has 4 N–H and O–H groups in total. The highest BCUT2D eigenvalue weighted by Crippen LogP contribution is 2.12. The van der Waals surface area contributed by atoms with Crippen LogP contribution in [0.1, 0.15) is 0 Å². The highest BCUT2D eigenvalue weighted by Gasteiger charge is 2.20. The van der Waals surface area contributed by atoms with Gasteiger partial charge in [0.15, 0.2) is 7.98 Å². The molecule has 0 aromatic rings. The largest absolute Gasteiger partial charge is 0.440 e. The predicted molar refractivity (Wildman–Crippen MR) is 94.4 cm³/mol. The highest BCUT2D eigenvalue weighted by atomic mass is 31.1. The van der Waals surface area contributed by atoms with Crippen LogP contribution in [0.3, 0.4) is 0 Å². The first kappa shape index (κ1) is 21.2. The zero-order valence-corrected chi connectivity index (χ0v) is 15.1. The van der Waals surface area contributed by atoms with Crippen LogP contribution in [0.25, 0.3) is 0 Å². The van der Waals surface area contributed by atoms with Gasteiger partial charge in [-0.05, 0) is 14.1 Å². The van der Waals surface area contributed by atoms with Crippen LogP contribution in [0.15, 0.2) is 4.99 Å². The Bertz CT molecular complexity index is 390. The van der Waals surface area contributed by atoms with E-state index in [1.165, 1.54) is 4.90 Å². The third-order valence-corrected chi connectivity index (χ3v) is 3.51. The Morgan fingerprint density at radius 3 is 2.59 bits per heavy atom. The Morgan fingerprint density at radius 2 is 2.09 bits per heavy atom. The van der Waals surface area contributed by atoms with Crippen LogP contribution >= 0.6 is 17.7 Å². The molecule has 0 spiro atoms. The number of carbonyl (C=O) groups is 2. The molecule has 0 saturated carbocycles. The zero-order valence-electron chi connectivity index (χ0n) is 13.1. The molecule has 0 rings (SSSR count). The van der Waals surface area contributed by atoms with Crippen LogP contribution in [0.5, 0.6) is 0 Å². The van der Waals surface area contributed by atoms with E-state index in [1.807, 2.05) is 19.0 Å². The molecular formula is C8H22B2N6O4P2. The van der Waals surface area contributed by atoms with E-state index in [0.717, 1.165) is 0 Å². The lowest BCUT2D eigenvalue weighted by molar-refractivity contribution is 0.216. The van der Waals surface area contributed by atoms with E-state index < -0.39 is 6.09 Å². The van der Waals surface area contributed by atoms with Gasteiger partial charge in [0.25, 0.3) is 5.65 Å². The summed E-state index contributed by atoms with van der Waals surface area (Å²) in [6, 6.07) is 0. The van der Waals surface area contributed by atoms with Crippen LogP contribution < -0.4 is 15.3 Å². The van der Waals surface area contributed by atoms with E-state index in [4.69, 9.17) is 9.55 Å². The molecule has 0 radical (unpaired) electrons. The number of hydrogen-bond acceptors (Lipinski definition) is 7. The molecule has 0 aromatic heterocycles. The van der Waals surface area contributed by atoms with E-state index in [9.17, 15) is 9.59 Å². The molecule has 10 nitrogen and oxygen atoms in total. The van der Waals surface area contributed by atoms with Gasteiger partial charge in [0.1, 0.15) is 8.96 Å². The monoisotopic (exact) mass is 350 g/mol. The van der Waals surface area contributed by atoms with E-state index in [-0.39, 0.29) is 36.9 Å². The Kier molecular flexibility index (Phi) is 12.3. The lowest BCUT2D eigenvalue weighted by Gasteiger charge is -2.25. The molecule has 0 aromatic carbocycles. The topological polar surface area (TPSA) is 119 Å². The average molecular weight is 350 g/mol. The first-order valence-corrected chi connectivity index (χ1v) is 8.32. The minimum atomic E-state index is -0.793. The average Bonchev–Trinajstić information content (AvgIpc) is 2.49. The molecule has 22 heavy (non-hydrogen) atoms. The summed E-state index contributed by atoms with van der Waals surface area (Å²) < 4.78 is 4.81. The van der Waals surface area contributed by atoms with Gasteiger partial charge in [-0.1, -0.05) is 0 Å². The van der Waals surface area contributed by atoms with Crippen molar-refractivity contribution in [1.29, 1.82) is 0 Å². The summed E-state index contributed by atoms with van der Waals surface area (Å²) in [5, 5.41) is 11.5. The normalized spacial score (nSPS) is 12.3. The number of hydrogen-bond donors (Lipinski definition) is 4. The number of aliphatic imine (C=N–C) groups is 1. The fourth-order valence-electron chi connectivity index (χ4n) is 1.24. The first-order chi connectivity index (χ1) is 10.5. The third-order valence-electron chi connectivity index (χ3n) is 2.21. The van der Waals surface area contributed by atoms with E-state index in [1.54, 1.807) is 15.0 Å². The predicted octanol–water partition coefficient (Wildman–Crippen LogP) is -2.23. The highest BCUT2D eigenvalue weighted by molar-refractivity contribution is 7.57. The fraction of sp³-hybridized carbons (Fsp3) is 0.625. The molecule has 0 fully saturated rings. The van der Waals surface area contributed by atoms with Crippen LogP contribution in [0, 0.1) is 0 Å². The minimum absolute atomic E-state index is 0.102. The van der Waals surface area contributed by atoms with Gasteiger partial charge >= 0.3 is 13.7 Å². The van der Waals surface area contributed by atoms with Gasteiger partial charge in [-0.15, -0.1) is 4.99 Å². The Balaban J connectivity index is 5.01. The molecule has 2 atom stereocenters. The molecule has 124 valence electrons. The van der Waals surface area contributed by atoms with Crippen molar-refractivity contribution < 1.29 is 19.1 Å². The van der Waals surface area contributed by atoms with E-state index in [0.29, 0.717) is 13.1 Å². The molecule has 0 aliphatic carbocycles. The smallest absolute Gasteiger partial charge is 0.440 e. The first-order valence-electron chi connectivity index (χ1n) is 6.41. The third kappa shape index (κ3) is 9.30. The van der Waals surface area contributed by atoms with Gasteiger partial charge in [0.05, 0.1) is 0 Å². The molecule has 2 amide bonds. The van der Waals surface area contributed by atoms with Crippen molar-refractivity contribution in [1.82, 2.24) is 25.1 Å². The Labute approximate surface area is 135 Å². The quantitative estimate of drug-likeness (QED) is 0.168. The lowest BCUT2D eigenvalue weighted by Crippen LogP contribution is -2.45. The standard InChI is InChI=1S/C8H22B2N6O4P2/c1-11-6(12-7(17)20-22-13-9)16(5-4-15(2)3)8(18)21-14-10-19/h10,13-14,19,21-22H,4-5,9H2,1-3H3,(H,11,12,17). The second-order valence-electron chi connectivity index (χ2n) is 4.13. The number of likely N-dealkylation sites (N-methyl/N-ethyl adjacent to an activating group) is 1. The summed E-state index contributed by atoms with van der Waals surface area (Å²) in [6.45, 7) is 0.927. The van der Waals surface area contributed by atoms with E-state index in [2.05, 4.69) is 20.3 Å². The summed E-state index contributed by atoms with van der Waals surface area (Å²) >= 11 is 0. The number of nitrogens with zero attached hydrogens (tertiary/aromatic N) is 3. The molecular weight excluding hydrogens is 328 g/mol. The van der Waals surface area contributed by atoms with Crippen molar-refractivity contribution in [3.05, 3.63) is 0 Å². The number of amides is 2. The van der Waals surface area contributed by atoms with Crippen molar-refractivity contribution in [2.75, 3.05) is 34.2 Å². The van der Waals surface area contributed by atoms with E-state index >= 15 is 0 Å². The molecule has 0 aliphatic rings. The van der Waals surface area contributed by atoms with Gasteiger partial charge in [-0.25, -0.2) is 4.79 Å². The number of guanidine groups is 1. The summed E-state index contributed by atoms with van der Waals surface area (Å²) in [7, 11) is 6.10. The Hall–Kier alpha value is -0.760. The minimum Gasteiger partial charge on any atom is -0.440 e. The second-order valence-corrected chi connectivity index (χ2v) is 6.06. The van der Waals surface area contributed by atoms with Crippen molar-refractivity contribution in [3.8, 4) is 0 Å². The van der Waals surface area contributed by atoms with Crippen molar-refractivity contribution in [2.24, 2.45) is 4.99 Å². The van der Waals surface area contributed by atoms with Crippen LogP contribution in [0.2, 0.25) is 0 Å². The molecule has 0 heterocycles. The van der Waals surface area contributed by atoms with Gasteiger partial charge in [-0.3, -0.25) is 9.69 Å². The fourth-order valence-corrected chi connectivity index (χ4v) is 2.06. The molecule has 0 saturated heterocycles. The molecule has 0 aliphatic heterocycles. The zero-order chi connectivity index (χ0) is 17.0. The van der Waals surface area contributed by atoms with Crippen molar-refractivity contribution >= 4 is 51.0 Å². The Morgan fingerprint density at radius 1 is 1.41 bits per heavy atom. The maximum absolute atomic E-state index is 12.2. The van der Waals surface area contributed by atoms with Gasteiger partial charge in [0, 0.05) is 28.9 Å². The lowest BCUT2D eigenvalue weighted by atomic mass is 10.4. The maximum Gasteiger partial charge on any atom is 0.440 e. The summed E-state index contributed by atoms with van der Waals surface area (Å²) in [4.78, 5) is 36.0. The molecule has 2 unspecified atom stereocenters. The molecule has 14 heteroatoms. The van der Waals surface area contributed by atoms with Crippen LogP contribution in [-0.2, 0) is 4.52 Å². The van der Waals surface area contributed by atoms with Gasteiger partial charge in [-0.2, -0.15) is 0 Å². The van der Waals surface area contributed by atoms with Crippen molar-refractivity contribution in [2.45, 2.75) is 0 Å². The summed E-state index contributed by atoms with van der Waals surface area (Å²) in [5.74, 6) is 0.102. The maximum atomic E-state index is 12.2. The number of rotatable bonds is 8. The van der Waals surface area contributed by atoms with Crippen molar-refractivity contribution in [3.63, 3.8) is 0 Å². The van der Waals surface area contributed by atoms with Crippen LogP contribution in [0.4, 0.5) is 9.59 Å². The SMILES string of the molecule is BNPOC(=O)/N=C(\NC)N(CCN(C)C)C(=O)PNBO. The van der Waals surface area contributed by atoms with Gasteiger partial charge < -0.3 is 29.8 Å². The van der Waals surface area contributed by atoms with Crippen LogP contribution in [-0.4, -0.2) is 82.4 Å². The number of nitrogens with one attached hydrogen (secondary N) is 3. The van der Waals surface area contributed by atoms with Gasteiger partial charge in [0.2, 0.25) is 5.96 Å². The summed E-state index contributed by atoms with van der Waals surface area (Å²) in [6.07, 6.45) is -0.793.